The average molecular weight is 242 g/mol. The molecule has 1 aliphatic rings. The SMILES string of the molecule is CCCNCC1CCCN(CCOCCC)C1. The number of nitrogens with one attached hydrogen (secondary N) is 1. The fourth-order valence-electron chi connectivity index (χ4n) is 2.44. The van der Waals surface area contributed by atoms with Crippen LogP contribution in [0.1, 0.15) is 39.5 Å². The molecule has 1 fully saturated rings. The molecule has 0 aromatic carbocycles. The molecule has 0 saturated carbocycles. The second-order valence-electron chi connectivity index (χ2n) is 5.13. The van der Waals surface area contributed by atoms with Crippen LogP contribution < -0.4 is 5.32 Å². The van der Waals surface area contributed by atoms with E-state index in [-0.39, 0.29) is 0 Å². The Balaban J connectivity index is 2.06. The monoisotopic (exact) mass is 242 g/mol. The molecule has 1 rings (SSSR count). The van der Waals surface area contributed by atoms with Crippen LogP contribution in [-0.2, 0) is 4.74 Å². The van der Waals surface area contributed by atoms with E-state index in [4.69, 9.17) is 4.74 Å². The molecule has 17 heavy (non-hydrogen) atoms. The summed E-state index contributed by atoms with van der Waals surface area (Å²) in [6, 6.07) is 0. The predicted molar refractivity (Wildman–Crippen MR) is 73.4 cm³/mol. The molecule has 3 nitrogen and oxygen atoms in total. The number of hydrogen-bond donors (Lipinski definition) is 1. The van der Waals surface area contributed by atoms with Crippen LogP contribution in [0.2, 0.25) is 0 Å². The number of likely N-dealkylation sites (tertiary alicyclic amines) is 1. The quantitative estimate of drug-likeness (QED) is 0.627. The van der Waals surface area contributed by atoms with Crippen LogP contribution in [0, 0.1) is 5.92 Å². The molecule has 102 valence electrons. The molecule has 1 N–H and O–H groups in total. The third kappa shape index (κ3) is 7.02. The second kappa shape index (κ2) is 9.86. The van der Waals surface area contributed by atoms with Gasteiger partial charge in [-0.15, -0.1) is 0 Å². The normalized spacial score (nSPS) is 21.9. The minimum absolute atomic E-state index is 0.849. The first-order chi connectivity index (χ1) is 8.36. The maximum atomic E-state index is 5.56. The van der Waals surface area contributed by atoms with Gasteiger partial charge < -0.3 is 15.0 Å². The molecule has 0 spiro atoms. The maximum Gasteiger partial charge on any atom is 0.0593 e. The molecule has 0 aromatic heterocycles. The molecule has 0 aliphatic carbocycles. The molecule has 0 radical (unpaired) electrons. The number of ether oxygens (including phenoxy) is 1. The number of nitrogens with zero attached hydrogens (tertiary/aromatic N) is 1. The van der Waals surface area contributed by atoms with Crippen LogP contribution in [-0.4, -0.2) is 50.8 Å². The summed E-state index contributed by atoms with van der Waals surface area (Å²) in [5.41, 5.74) is 0. The fourth-order valence-corrected chi connectivity index (χ4v) is 2.44. The van der Waals surface area contributed by atoms with Crippen LogP contribution >= 0.6 is 0 Å². The van der Waals surface area contributed by atoms with Gasteiger partial charge >= 0.3 is 0 Å². The van der Waals surface area contributed by atoms with E-state index in [9.17, 15) is 0 Å². The smallest absolute Gasteiger partial charge is 0.0593 e. The lowest BCUT2D eigenvalue weighted by atomic mass is 9.98. The van der Waals surface area contributed by atoms with Gasteiger partial charge in [0, 0.05) is 19.7 Å². The molecule has 1 aliphatic heterocycles. The third-order valence-electron chi connectivity index (χ3n) is 3.36. The van der Waals surface area contributed by atoms with E-state index >= 15 is 0 Å². The van der Waals surface area contributed by atoms with Gasteiger partial charge in [0.2, 0.25) is 0 Å². The predicted octanol–water partition coefficient (Wildman–Crippen LogP) is 2.12. The van der Waals surface area contributed by atoms with E-state index in [1.807, 2.05) is 0 Å². The topological polar surface area (TPSA) is 24.5 Å². The summed E-state index contributed by atoms with van der Waals surface area (Å²) in [7, 11) is 0. The van der Waals surface area contributed by atoms with Crippen molar-refractivity contribution in [1.82, 2.24) is 10.2 Å². The molecule has 1 atom stereocenters. The molecule has 1 heterocycles. The van der Waals surface area contributed by atoms with E-state index < -0.39 is 0 Å². The zero-order valence-corrected chi connectivity index (χ0v) is 11.7. The van der Waals surface area contributed by atoms with Crippen molar-refractivity contribution in [3.05, 3.63) is 0 Å². The standard InChI is InChI=1S/C14H30N2O/c1-3-7-15-12-14-6-5-8-16(13-14)9-11-17-10-4-2/h14-15H,3-13H2,1-2H3. The van der Waals surface area contributed by atoms with Crippen molar-refractivity contribution in [3.8, 4) is 0 Å². The molecule has 0 aromatic rings. The maximum absolute atomic E-state index is 5.56. The molecule has 1 saturated heterocycles. The summed E-state index contributed by atoms with van der Waals surface area (Å²) in [4.78, 5) is 2.57. The first-order valence-corrected chi connectivity index (χ1v) is 7.37. The second-order valence-corrected chi connectivity index (χ2v) is 5.13. The Morgan fingerprint density at radius 1 is 1.24 bits per heavy atom. The lowest BCUT2D eigenvalue weighted by molar-refractivity contribution is 0.0850. The van der Waals surface area contributed by atoms with Gasteiger partial charge in [-0.05, 0) is 51.2 Å². The lowest BCUT2D eigenvalue weighted by Crippen LogP contribution is -2.41. The Kier molecular flexibility index (Phi) is 8.67. The van der Waals surface area contributed by atoms with Crippen molar-refractivity contribution in [2.75, 3.05) is 45.9 Å². The molecule has 0 amide bonds. The Hall–Kier alpha value is -0.120. The molecular formula is C14H30N2O. The van der Waals surface area contributed by atoms with Gasteiger partial charge in [0.25, 0.3) is 0 Å². The summed E-state index contributed by atoms with van der Waals surface area (Å²) in [6.45, 7) is 12.2. The molecule has 0 bridgehead atoms. The molecular weight excluding hydrogens is 212 g/mol. The van der Waals surface area contributed by atoms with E-state index in [1.165, 1.54) is 38.9 Å². The van der Waals surface area contributed by atoms with Gasteiger partial charge in [0.1, 0.15) is 0 Å². The first kappa shape index (κ1) is 14.9. The lowest BCUT2D eigenvalue weighted by Gasteiger charge is -2.32. The summed E-state index contributed by atoms with van der Waals surface area (Å²) >= 11 is 0. The largest absolute Gasteiger partial charge is 0.380 e. The molecule has 1 unspecified atom stereocenters. The summed E-state index contributed by atoms with van der Waals surface area (Å²) < 4.78 is 5.56. The summed E-state index contributed by atoms with van der Waals surface area (Å²) in [5.74, 6) is 0.849. The zero-order valence-electron chi connectivity index (χ0n) is 11.7. The highest BCUT2D eigenvalue weighted by Gasteiger charge is 2.18. The van der Waals surface area contributed by atoms with Crippen LogP contribution in [0.4, 0.5) is 0 Å². The third-order valence-corrected chi connectivity index (χ3v) is 3.36. The number of hydrogen-bond acceptors (Lipinski definition) is 3. The van der Waals surface area contributed by atoms with Crippen molar-refractivity contribution in [1.29, 1.82) is 0 Å². The van der Waals surface area contributed by atoms with E-state index in [0.717, 1.165) is 38.6 Å². The molecule has 3 heteroatoms. The van der Waals surface area contributed by atoms with Crippen LogP contribution in [0.5, 0.6) is 0 Å². The van der Waals surface area contributed by atoms with Crippen LogP contribution in [0.25, 0.3) is 0 Å². The van der Waals surface area contributed by atoms with Crippen molar-refractivity contribution in [2.45, 2.75) is 39.5 Å². The Morgan fingerprint density at radius 2 is 2.12 bits per heavy atom. The van der Waals surface area contributed by atoms with Gasteiger partial charge in [0.05, 0.1) is 6.61 Å². The van der Waals surface area contributed by atoms with Crippen molar-refractivity contribution in [3.63, 3.8) is 0 Å². The zero-order chi connectivity index (χ0) is 12.3. The Bertz CT molecular complexity index is 176. The number of piperidine rings is 1. The van der Waals surface area contributed by atoms with E-state index in [2.05, 4.69) is 24.1 Å². The van der Waals surface area contributed by atoms with Gasteiger partial charge in [-0.25, -0.2) is 0 Å². The highest BCUT2D eigenvalue weighted by molar-refractivity contribution is 4.74. The van der Waals surface area contributed by atoms with Crippen LogP contribution in [0.15, 0.2) is 0 Å². The van der Waals surface area contributed by atoms with Gasteiger partial charge in [-0.3, -0.25) is 0 Å². The Labute approximate surface area is 107 Å². The first-order valence-electron chi connectivity index (χ1n) is 7.37. The average Bonchev–Trinajstić information content (AvgIpc) is 2.36. The highest BCUT2D eigenvalue weighted by Crippen LogP contribution is 2.15. The van der Waals surface area contributed by atoms with Crippen molar-refractivity contribution in [2.24, 2.45) is 5.92 Å². The van der Waals surface area contributed by atoms with Crippen molar-refractivity contribution < 1.29 is 4.74 Å². The minimum atomic E-state index is 0.849. The highest BCUT2D eigenvalue weighted by atomic mass is 16.5. The van der Waals surface area contributed by atoms with Gasteiger partial charge in [-0.2, -0.15) is 0 Å². The van der Waals surface area contributed by atoms with E-state index in [0.29, 0.717) is 0 Å². The van der Waals surface area contributed by atoms with Crippen LogP contribution in [0.3, 0.4) is 0 Å². The van der Waals surface area contributed by atoms with E-state index in [1.54, 1.807) is 0 Å². The Morgan fingerprint density at radius 3 is 2.88 bits per heavy atom. The van der Waals surface area contributed by atoms with Crippen molar-refractivity contribution >= 4 is 0 Å². The summed E-state index contributed by atoms with van der Waals surface area (Å²) in [6.07, 6.45) is 5.11. The fraction of sp³-hybridized carbons (Fsp3) is 1.00. The van der Waals surface area contributed by atoms with Gasteiger partial charge in [-0.1, -0.05) is 13.8 Å². The van der Waals surface area contributed by atoms with Gasteiger partial charge in [0.15, 0.2) is 0 Å². The minimum Gasteiger partial charge on any atom is -0.380 e. The number of rotatable bonds is 9. The summed E-state index contributed by atoms with van der Waals surface area (Å²) in [5, 5.41) is 3.54.